The molecule has 0 aliphatic carbocycles. The molecule has 0 saturated heterocycles. The Balaban J connectivity index is 2.16. The van der Waals surface area contributed by atoms with Gasteiger partial charge in [0.05, 0.1) is 16.8 Å². The average molecular weight is 368 g/mol. The van der Waals surface area contributed by atoms with Crippen LogP contribution in [-0.4, -0.2) is 26.5 Å². The fourth-order valence-electron chi connectivity index (χ4n) is 1.89. The van der Waals surface area contributed by atoms with E-state index in [-0.39, 0.29) is 16.3 Å². The van der Waals surface area contributed by atoms with E-state index in [1.54, 1.807) is 0 Å². The predicted molar refractivity (Wildman–Crippen MR) is 92.8 cm³/mol. The van der Waals surface area contributed by atoms with Crippen LogP contribution >= 0.6 is 11.6 Å². The van der Waals surface area contributed by atoms with Crippen molar-refractivity contribution in [1.82, 2.24) is 0 Å². The predicted octanol–water partition coefficient (Wildman–Crippen LogP) is 2.06. The Labute approximate surface area is 143 Å². The second-order valence-corrected chi connectivity index (χ2v) is 7.12. The van der Waals surface area contributed by atoms with Gasteiger partial charge >= 0.3 is 0 Å². The Bertz CT molecular complexity index is 895. The van der Waals surface area contributed by atoms with Crippen molar-refractivity contribution < 1.29 is 18.0 Å². The van der Waals surface area contributed by atoms with Gasteiger partial charge in [-0.05, 0) is 42.5 Å². The maximum Gasteiger partial charge on any atom is 0.257 e. The molecule has 0 spiro atoms. The van der Waals surface area contributed by atoms with Crippen molar-refractivity contribution in [2.24, 2.45) is 5.73 Å². The molecule has 2 aromatic carbocycles. The van der Waals surface area contributed by atoms with E-state index < -0.39 is 21.8 Å². The molecular formula is C15H14ClN3O4S. The third kappa shape index (κ3) is 4.71. The number of carbonyl (C=O) groups excluding carboxylic acids is 2. The largest absolute Gasteiger partial charge is 0.366 e. The standard InChI is InChI=1S/C15H14ClN3O4S/c1-24(22,23)19-11-6-7-12(13(16)8-11)15(21)18-10-4-2-9(3-5-10)14(17)20/h2-8,19H,1H3,(H2,17,20)(H,18,21). The topological polar surface area (TPSA) is 118 Å². The van der Waals surface area contributed by atoms with E-state index in [2.05, 4.69) is 10.0 Å². The summed E-state index contributed by atoms with van der Waals surface area (Å²) in [4.78, 5) is 23.2. The molecule has 2 rings (SSSR count). The molecule has 2 amide bonds. The van der Waals surface area contributed by atoms with E-state index >= 15 is 0 Å². The Morgan fingerprint density at radius 2 is 1.62 bits per heavy atom. The van der Waals surface area contributed by atoms with Gasteiger partial charge in [-0.1, -0.05) is 11.6 Å². The van der Waals surface area contributed by atoms with Gasteiger partial charge in [0.2, 0.25) is 15.9 Å². The highest BCUT2D eigenvalue weighted by Gasteiger charge is 2.13. The maximum atomic E-state index is 12.2. The lowest BCUT2D eigenvalue weighted by molar-refractivity contribution is 0.0998. The molecule has 0 aromatic heterocycles. The minimum atomic E-state index is -3.43. The second kappa shape index (κ2) is 6.90. The van der Waals surface area contributed by atoms with Crippen LogP contribution in [0, 0.1) is 0 Å². The zero-order chi connectivity index (χ0) is 17.9. The number of benzene rings is 2. The molecular weight excluding hydrogens is 354 g/mol. The summed E-state index contributed by atoms with van der Waals surface area (Å²) in [6.45, 7) is 0. The second-order valence-electron chi connectivity index (χ2n) is 4.96. The molecule has 0 atom stereocenters. The number of sulfonamides is 1. The van der Waals surface area contributed by atoms with Gasteiger partial charge in [0, 0.05) is 16.9 Å². The molecule has 126 valence electrons. The summed E-state index contributed by atoms with van der Waals surface area (Å²) in [5.41, 5.74) is 6.35. The molecule has 0 bridgehead atoms. The van der Waals surface area contributed by atoms with Gasteiger partial charge in [0.15, 0.2) is 0 Å². The van der Waals surface area contributed by atoms with E-state index in [1.165, 1.54) is 42.5 Å². The van der Waals surface area contributed by atoms with Crippen LogP contribution in [0.5, 0.6) is 0 Å². The Kier molecular flexibility index (Phi) is 5.10. The lowest BCUT2D eigenvalue weighted by Gasteiger charge is -2.09. The summed E-state index contributed by atoms with van der Waals surface area (Å²) in [5.74, 6) is -1.04. The number of hydrogen-bond acceptors (Lipinski definition) is 4. The summed E-state index contributed by atoms with van der Waals surface area (Å²) >= 11 is 6.03. The van der Waals surface area contributed by atoms with Crippen LogP contribution in [0.15, 0.2) is 42.5 Å². The van der Waals surface area contributed by atoms with Crippen molar-refractivity contribution in [1.29, 1.82) is 0 Å². The van der Waals surface area contributed by atoms with Crippen molar-refractivity contribution in [2.75, 3.05) is 16.3 Å². The smallest absolute Gasteiger partial charge is 0.257 e. The summed E-state index contributed by atoms with van der Waals surface area (Å²) in [7, 11) is -3.43. The molecule has 7 nitrogen and oxygen atoms in total. The molecule has 0 saturated carbocycles. The third-order valence-corrected chi connectivity index (χ3v) is 3.86. The van der Waals surface area contributed by atoms with Crippen molar-refractivity contribution in [3.63, 3.8) is 0 Å². The van der Waals surface area contributed by atoms with Crippen molar-refractivity contribution in [3.05, 3.63) is 58.6 Å². The molecule has 0 radical (unpaired) electrons. The van der Waals surface area contributed by atoms with Crippen LogP contribution in [0.3, 0.4) is 0 Å². The number of nitrogens with one attached hydrogen (secondary N) is 2. The Morgan fingerprint density at radius 1 is 1.04 bits per heavy atom. The van der Waals surface area contributed by atoms with Gasteiger partial charge in [0.1, 0.15) is 0 Å². The van der Waals surface area contributed by atoms with Crippen LogP contribution in [0.25, 0.3) is 0 Å². The highest BCUT2D eigenvalue weighted by molar-refractivity contribution is 7.92. The molecule has 9 heteroatoms. The highest BCUT2D eigenvalue weighted by atomic mass is 35.5. The maximum absolute atomic E-state index is 12.2. The zero-order valence-electron chi connectivity index (χ0n) is 12.5. The average Bonchev–Trinajstić information content (AvgIpc) is 2.46. The molecule has 0 aliphatic rings. The number of anilines is 2. The van der Waals surface area contributed by atoms with Crippen LogP contribution in [0.2, 0.25) is 5.02 Å². The Morgan fingerprint density at radius 3 is 2.12 bits per heavy atom. The number of primary amides is 1. The lowest BCUT2D eigenvalue weighted by atomic mass is 10.1. The van der Waals surface area contributed by atoms with Gasteiger partial charge in [0.25, 0.3) is 5.91 Å². The van der Waals surface area contributed by atoms with Crippen molar-refractivity contribution in [2.45, 2.75) is 0 Å². The minimum Gasteiger partial charge on any atom is -0.366 e. The number of carbonyl (C=O) groups is 2. The van der Waals surface area contributed by atoms with Gasteiger partial charge in [-0.3, -0.25) is 14.3 Å². The summed E-state index contributed by atoms with van der Waals surface area (Å²) in [6, 6.07) is 10.2. The summed E-state index contributed by atoms with van der Waals surface area (Å²) < 4.78 is 24.6. The third-order valence-electron chi connectivity index (χ3n) is 2.94. The SMILES string of the molecule is CS(=O)(=O)Nc1ccc(C(=O)Nc2ccc(C(N)=O)cc2)c(Cl)c1. The van der Waals surface area contributed by atoms with E-state index in [0.717, 1.165) is 6.26 Å². The molecule has 4 N–H and O–H groups in total. The summed E-state index contributed by atoms with van der Waals surface area (Å²) in [6.07, 6.45) is 1.01. The molecule has 0 heterocycles. The molecule has 0 fully saturated rings. The fourth-order valence-corrected chi connectivity index (χ4v) is 2.71. The van der Waals surface area contributed by atoms with E-state index in [4.69, 9.17) is 17.3 Å². The van der Waals surface area contributed by atoms with Crippen molar-refractivity contribution >= 4 is 44.8 Å². The number of halogens is 1. The van der Waals surface area contributed by atoms with Crippen LogP contribution in [-0.2, 0) is 10.0 Å². The van der Waals surface area contributed by atoms with E-state index in [1.807, 2.05) is 0 Å². The molecule has 24 heavy (non-hydrogen) atoms. The molecule has 0 unspecified atom stereocenters. The lowest BCUT2D eigenvalue weighted by Crippen LogP contribution is -2.14. The first-order chi connectivity index (χ1) is 11.2. The first kappa shape index (κ1) is 17.8. The van der Waals surface area contributed by atoms with Crippen LogP contribution in [0.1, 0.15) is 20.7 Å². The van der Waals surface area contributed by atoms with Crippen LogP contribution < -0.4 is 15.8 Å². The van der Waals surface area contributed by atoms with Gasteiger partial charge in [-0.15, -0.1) is 0 Å². The fraction of sp³-hybridized carbons (Fsp3) is 0.0667. The first-order valence-electron chi connectivity index (χ1n) is 6.64. The van der Waals surface area contributed by atoms with Gasteiger partial charge < -0.3 is 11.1 Å². The number of rotatable bonds is 5. The first-order valence-corrected chi connectivity index (χ1v) is 8.91. The minimum absolute atomic E-state index is 0.0925. The monoisotopic (exact) mass is 367 g/mol. The molecule has 2 aromatic rings. The van der Waals surface area contributed by atoms with E-state index in [9.17, 15) is 18.0 Å². The highest BCUT2D eigenvalue weighted by Crippen LogP contribution is 2.23. The van der Waals surface area contributed by atoms with Crippen LogP contribution in [0.4, 0.5) is 11.4 Å². The molecule has 0 aliphatic heterocycles. The zero-order valence-corrected chi connectivity index (χ0v) is 14.1. The number of nitrogens with two attached hydrogens (primary N) is 1. The summed E-state index contributed by atoms with van der Waals surface area (Å²) in [5, 5.41) is 2.71. The van der Waals surface area contributed by atoms with Gasteiger partial charge in [-0.2, -0.15) is 0 Å². The van der Waals surface area contributed by atoms with E-state index in [0.29, 0.717) is 11.3 Å². The van der Waals surface area contributed by atoms with Gasteiger partial charge in [-0.25, -0.2) is 8.42 Å². The number of hydrogen-bond donors (Lipinski definition) is 3. The Hall–Kier alpha value is -2.58. The quantitative estimate of drug-likeness (QED) is 0.749. The van der Waals surface area contributed by atoms with Crippen molar-refractivity contribution in [3.8, 4) is 0 Å². The normalized spacial score (nSPS) is 10.9. The number of amides is 2.